The molecular weight excluding hydrogens is 636 g/mol. The van der Waals surface area contributed by atoms with Crippen LogP contribution in [0.4, 0.5) is 0 Å². The lowest BCUT2D eigenvalue weighted by molar-refractivity contribution is -0.151. The molecule has 1 fully saturated rings. The summed E-state index contributed by atoms with van der Waals surface area (Å²) in [4.78, 5) is 53.4. The quantitative estimate of drug-likeness (QED) is 0.0386. The van der Waals surface area contributed by atoms with Gasteiger partial charge in [0, 0.05) is 26.4 Å². The Bertz CT molecular complexity index is 899. The van der Waals surface area contributed by atoms with E-state index in [9.17, 15) is 19.2 Å². The molecule has 0 aromatic rings. The predicted molar refractivity (Wildman–Crippen MR) is 199 cm³/mol. The summed E-state index contributed by atoms with van der Waals surface area (Å²) in [5.41, 5.74) is 0. The number of carbonyl (C=O) groups excluding carboxylic acids is 4. The van der Waals surface area contributed by atoms with Gasteiger partial charge in [0.05, 0.1) is 32.2 Å². The van der Waals surface area contributed by atoms with Gasteiger partial charge in [-0.25, -0.2) is 0 Å². The van der Waals surface area contributed by atoms with Crippen LogP contribution in [0.1, 0.15) is 162 Å². The molecule has 1 heterocycles. The minimum atomic E-state index is -0.423. The van der Waals surface area contributed by atoms with E-state index in [0.29, 0.717) is 45.8 Å². The van der Waals surface area contributed by atoms with Crippen molar-refractivity contribution < 1.29 is 38.1 Å². The summed E-state index contributed by atoms with van der Waals surface area (Å²) < 4.78 is 22.2. The molecule has 3 unspecified atom stereocenters. The van der Waals surface area contributed by atoms with Gasteiger partial charge in [-0.3, -0.25) is 24.1 Å². The Morgan fingerprint density at radius 2 is 1.20 bits per heavy atom. The van der Waals surface area contributed by atoms with E-state index >= 15 is 0 Å². The van der Waals surface area contributed by atoms with E-state index in [4.69, 9.17) is 18.9 Å². The predicted octanol–water partition coefficient (Wildman–Crippen LogP) is 8.03. The van der Waals surface area contributed by atoms with E-state index in [1.807, 2.05) is 19.0 Å². The molecule has 1 aliphatic rings. The van der Waals surface area contributed by atoms with Crippen molar-refractivity contribution in [2.45, 2.75) is 174 Å². The highest BCUT2D eigenvalue weighted by molar-refractivity contribution is 5.76. The van der Waals surface area contributed by atoms with Crippen LogP contribution in [0.15, 0.2) is 0 Å². The Morgan fingerprint density at radius 3 is 1.80 bits per heavy atom. The van der Waals surface area contributed by atoms with Crippen LogP contribution in [0.3, 0.4) is 0 Å². The first-order valence-corrected chi connectivity index (χ1v) is 20.2. The molecule has 1 saturated heterocycles. The Balaban J connectivity index is 2.40. The number of unbranched alkanes of at least 4 members (excludes halogenated alkanes) is 14. The third-order valence-corrected chi connectivity index (χ3v) is 9.52. The number of hydrogen-bond acceptors (Lipinski definition) is 10. The van der Waals surface area contributed by atoms with E-state index in [1.54, 1.807) is 0 Å². The van der Waals surface area contributed by atoms with Gasteiger partial charge < -0.3 is 23.8 Å². The summed E-state index contributed by atoms with van der Waals surface area (Å²) in [5.74, 6) is -0.745. The number of likely N-dealkylation sites (tertiary alicyclic amines) is 1. The lowest BCUT2D eigenvalue weighted by Gasteiger charge is -2.22. The molecule has 0 N–H and O–H groups in total. The molecule has 0 spiro atoms. The standard InChI is InChI=1S/C40H74N2O8/c1-6-8-10-12-13-19-25-35(24-18-11-9-7-2)39(45)48-30-22-16-17-23-31-49-40(46)37-32-36(50-38(44)26-28-41(4)5)33-42(37)27-20-14-15-21-29-47-34(3)43/h35-37H,6-33H2,1-5H3. The van der Waals surface area contributed by atoms with Crippen molar-refractivity contribution in [3.63, 3.8) is 0 Å². The Hall–Kier alpha value is -2.20. The SMILES string of the molecule is CCCCCCCCC(CCCCCC)C(=O)OCCCCCCOC(=O)C1CC(OC(=O)CCN(C)C)CN1CCCCCCOC(C)=O. The van der Waals surface area contributed by atoms with Crippen molar-refractivity contribution in [1.29, 1.82) is 0 Å². The summed E-state index contributed by atoms with van der Waals surface area (Å²) in [6.07, 6.45) is 21.4. The van der Waals surface area contributed by atoms with E-state index in [1.165, 1.54) is 58.3 Å². The monoisotopic (exact) mass is 711 g/mol. The molecule has 3 atom stereocenters. The number of carbonyl (C=O) groups is 4. The molecule has 1 aliphatic heterocycles. The highest BCUT2D eigenvalue weighted by atomic mass is 16.6. The zero-order valence-electron chi connectivity index (χ0n) is 32.7. The van der Waals surface area contributed by atoms with Crippen molar-refractivity contribution in [2.24, 2.45) is 5.92 Å². The summed E-state index contributed by atoms with van der Waals surface area (Å²) in [5, 5.41) is 0. The molecule has 292 valence electrons. The average Bonchev–Trinajstić information content (AvgIpc) is 3.48. The van der Waals surface area contributed by atoms with Crippen LogP contribution in [-0.4, -0.2) is 99.4 Å². The first-order valence-electron chi connectivity index (χ1n) is 20.2. The van der Waals surface area contributed by atoms with Gasteiger partial charge in [0.15, 0.2) is 0 Å². The van der Waals surface area contributed by atoms with Crippen LogP contribution in [0.2, 0.25) is 0 Å². The number of ether oxygens (including phenoxy) is 4. The smallest absolute Gasteiger partial charge is 0.323 e. The van der Waals surface area contributed by atoms with Crippen LogP contribution in [0, 0.1) is 5.92 Å². The minimum Gasteiger partial charge on any atom is -0.466 e. The van der Waals surface area contributed by atoms with Gasteiger partial charge in [-0.2, -0.15) is 0 Å². The van der Waals surface area contributed by atoms with Crippen LogP contribution in [0.25, 0.3) is 0 Å². The number of nitrogens with zero attached hydrogens (tertiary/aromatic N) is 2. The Labute approximate surface area is 305 Å². The fourth-order valence-electron chi connectivity index (χ4n) is 6.47. The summed E-state index contributed by atoms with van der Waals surface area (Å²) in [7, 11) is 3.84. The largest absolute Gasteiger partial charge is 0.466 e. The second-order valence-corrected chi connectivity index (χ2v) is 14.5. The van der Waals surface area contributed by atoms with Gasteiger partial charge in [-0.05, 0) is 72.0 Å². The second-order valence-electron chi connectivity index (χ2n) is 14.5. The third-order valence-electron chi connectivity index (χ3n) is 9.52. The molecule has 0 radical (unpaired) electrons. The molecule has 10 nitrogen and oxygen atoms in total. The molecule has 0 aromatic heterocycles. The topological polar surface area (TPSA) is 112 Å². The highest BCUT2D eigenvalue weighted by Gasteiger charge is 2.39. The fraction of sp³-hybridized carbons (Fsp3) is 0.900. The van der Waals surface area contributed by atoms with Crippen molar-refractivity contribution >= 4 is 23.9 Å². The van der Waals surface area contributed by atoms with E-state index < -0.39 is 6.04 Å². The first-order chi connectivity index (χ1) is 24.2. The molecule has 50 heavy (non-hydrogen) atoms. The van der Waals surface area contributed by atoms with Crippen molar-refractivity contribution in [2.75, 3.05) is 53.6 Å². The summed E-state index contributed by atoms with van der Waals surface area (Å²) in [6.45, 7) is 8.96. The lowest BCUT2D eigenvalue weighted by Crippen LogP contribution is -2.38. The zero-order chi connectivity index (χ0) is 36.8. The number of hydrogen-bond donors (Lipinski definition) is 0. The van der Waals surface area contributed by atoms with E-state index in [0.717, 1.165) is 83.6 Å². The Morgan fingerprint density at radius 1 is 0.680 bits per heavy atom. The van der Waals surface area contributed by atoms with Crippen molar-refractivity contribution in [3.05, 3.63) is 0 Å². The van der Waals surface area contributed by atoms with Crippen LogP contribution in [0.5, 0.6) is 0 Å². The maximum Gasteiger partial charge on any atom is 0.323 e. The fourth-order valence-corrected chi connectivity index (χ4v) is 6.47. The number of rotatable bonds is 32. The summed E-state index contributed by atoms with van der Waals surface area (Å²) in [6, 6.07) is -0.423. The molecule has 0 aliphatic carbocycles. The maximum absolute atomic E-state index is 13.1. The van der Waals surface area contributed by atoms with Crippen molar-refractivity contribution in [1.82, 2.24) is 9.80 Å². The van der Waals surface area contributed by atoms with Gasteiger partial charge in [-0.1, -0.05) is 90.9 Å². The van der Waals surface area contributed by atoms with Gasteiger partial charge in [0.25, 0.3) is 0 Å². The summed E-state index contributed by atoms with van der Waals surface area (Å²) >= 11 is 0. The van der Waals surface area contributed by atoms with Crippen LogP contribution < -0.4 is 0 Å². The lowest BCUT2D eigenvalue weighted by atomic mass is 9.94. The minimum absolute atomic E-state index is 0.0196. The maximum atomic E-state index is 13.1. The first kappa shape index (κ1) is 45.8. The third kappa shape index (κ3) is 24.1. The zero-order valence-corrected chi connectivity index (χ0v) is 32.7. The molecular formula is C40H74N2O8. The molecule has 0 amide bonds. The molecule has 1 rings (SSSR count). The normalized spacial score (nSPS) is 16.8. The average molecular weight is 711 g/mol. The highest BCUT2D eigenvalue weighted by Crippen LogP contribution is 2.24. The molecule has 0 saturated carbocycles. The van der Waals surface area contributed by atoms with E-state index in [2.05, 4.69) is 18.7 Å². The van der Waals surface area contributed by atoms with Gasteiger partial charge >= 0.3 is 23.9 Å². The number of esters is 4. The second kappa shape index (κ2) is 30.4. The van der Waals surface area contributed by atoms with Crippen LogP contribution >= 0.6 is 0 Å². The molecule has 0 aromatic carbocycles. The van der Waals surface area contributed by atoms with Crippen molar-refractivity contribution in [3.8, 4) is 0 Å². The van der Waals surface area contributed by atoms with E-state index in [-0.39, 0.29) is 35.9 Å². The molecule has 10 heteroatoms. The van der Waals surface area contributed by atoms with Gasteiger partial charge in [0.1, 0.15) is 12.1 Å². The molecule has 0 bridgehead atoms. The van der Waals surface area contributed by atoms with Crippen LogP contribution in [-0.2, 0) is 38.1 Å². The Kier molecular flexibility index (Phi) is 27.9. The van der Waals surface area contributed by atoms with Gasteiger partial charge in [0.2, 0.25) is 0 Å². The van der Waals surface area contributed by atoms with Gasteiger partial charge in [-0.15, -0.1) is 0 Å².